The highest BCUT2D eigenvalue weighted by atomic mass is 32.1. The molecule has 1 aromatic heterocycles. The second kappa shape index (κ2) is 6.99. The zero-order valence-corrected chi connectivity index (χ0v) is 11.3. The third-order valence-corrected chi connectivity index (χ3v) is 3.38. The number of rotatable bonds is 6. The Morgan fingerprint density at radius 1 is 1.26 bits per heavy atom. The Morgan fingerprint density at radius 2 is 2.05 bits per heavy atom. The number of nitrogens with zero attached hydrogens (tertiary/aromatic N) is 1. The van der Waals surface area contributed by atoms with E-state index in [4.69, 9.17) is 0 Å². The lowest BCUT2D eigenvalue weighted by Gasteiger charge is -2.04. The van der Waals surface area contributed by atoms with Gasteiger partial charge in [-0.05, 0) is 24.1 Å². The van der Waals surface area contributed by atoms with E-state index in [0.29, 0.717) is 19.4 Å². The second-order valence-corrected chi connectivity index (χ2v) is 4.92. The molecule has 0 saturated heterocycles. The van der Waals surface area contributed by atoms with Gasteiger partial charge < -0.3 is 5.32 Å². The van der Waals surface area contributed by atoms with Gasteiger partial charge in [-0.15, -0.1) is 11.3 Å². The van der Waals surface area contributed by atoms with E-state index in [9.17, 15) is 9.18 Å². The molecule has 1 aromatic carbocycles. The number of aromatic nitrogens is 1. The highest BCUT2D eigenvalue weighted by molar-refractivity contribution is 7.07. The van der Waals surface area contributed by atoms with Crippen LogP contribution < -0.4 is 5.32 Å². The van der Waals surface area contributed by atoms with Crippen molar-refractivity contribution in [1.82, 2.24) is 10.3 Å². The first-order chi connectivity index (χ1) is 9.24. The van der Waals surface area contributed by atoms with Gasteiger partial charge in [0.1, 0.15) is 5.82 Å². The number of carbonyl (C=O) groups is 1. The summed E-state index contributed by atoms with van der Waals surface area (Å²) in [6, 6.07) is 6.24. The Bertz CT molecular complexity index is 511. The number of thiazole rings is 1. The van der Waals surface area contributed by atoms with Crippen LogP contribution in [0.4, 0.5) is 4.39 Å². The molecule has 0 atom stereocenters. The molecule has 5 heteroatoms. The maximum absolute atomic E-state index is 12.7. The van der Waals surface area contributed by atoms with E-state index in [1.54, 1.807) is 29.0 Å². The topological polar surface area (TPSA) is 42.0 Å². The van der Waals surface area contributed by atoms with E-state index in [0.717, 1.165) is 17.7 Å². The van der Waals surface area contributed by atoms with Crippen molar-refractivity contribution < 1.29 is 9.18 Å². The number of halogens is 1. The highest BCUT2D eigenvalue weighted by Crippen LogP contribution is 2.05. The van der Waals surface area contributed by atoms with E-state index in [-0.39, 0.29) is 11.7 Å². The van der Waals surface area contributed by atoms with Crippen molar-refractivity contribution in [3.05, 3.63) is 52.2 Å². The molecule has 0 radical (unpaired) electrons. The number of carbonyl (C=O) groups excluding carboxylic acids is 1. The van der Waals surface area contributed by atoms with Gasteiger partial charge in [-0.3, -0.25) is 4.79 Å². The van der Waals surface area contributed by atoms with E-state index in [2.05, 4.69) is 10.3 Å². The van der Waals surface area contributed by atoms with Crippen LogP contribution in [-0.4, -0.2) is 17.4 Å². The van der Waals surface area contributed by atoms with Crippen molar-refractivity contribution in [3.8, 4) is 0 Å². The van der Waals surface area contributed by atoms with Crippen LogP contribution in [0.15, 0.2) is 35.2 Å². The number of nitrogens with one attached hydrogen (secondary N) is 1. The summed E-state index contributed by atoms with van der Waals surface area (Å²) in [5, 5.41) is 4.83. The molecule has 3 nitrogen and oxygen atoms in total. The summed E-state index contributed by atoms with van der Waals surface area (Å²) in [4.78, 5) is 15.8. The van der Waals surface area contributed by atoms with Crippen molar-refractivity contribution in [1.29, 1.82) is 0 Å². The summed E-state index contributed by atoms with van der Waals surface area (Å²) < 4.78 is 12.7. The van der Waals surface area contributed by atoms with Crippen molar-refractivity contribution in [2.45, 2.75) is 19.3 Å². The Kier molecular flexibility index (Phi) is 5.03. The molecular formula is C14H15FN2OS. The van der Waals surface area contributed by atoms with Gasteiger partial charge in [0.25, 0.3) is 0 Å². The lowest BCUT2D eigenvalue weighted by atomic mass is 10.1. The maximum Gasteiger partial charge on any atom is 0.220 e. The maximum atomic E-state index is 12.7. The zero-order chi connectivity index (χ0) is 13.5. The molecule has 0 aliphatic carbocycles. The molecule has 0 aliphatic rings. The first-order valence-corrected chi connectivity index (χ1v) is 7.06. The average Bonchev–Trinajstić information content (AvgIpc) is 2.91. The van der Waals surface area contributed by atoms with Gasteiger partial charge in [-0.2, -0.15) is 0 Å². The number of benzene rings is 1. The molecule has 0 saturated carbocycles. The largest absolute Gasteiger partial charge is 0.356 e. The summed E-state index contributed by atoms with van der Waals surface area (Å²) in [7, 11) is 0. The van der Waals surface area contributed by atoms with Crippen LogP contribution in [0.25, 0.3) is 0 Å². The molecule has 0 unspecified atom stereocenters. The normalized spacial score (nSPS) is 10.4. The smallest absolute Gasteiger partial charge is 0.220 e. The first-order valence-electron chi connectivity index (χ1n) is 6.12. The molecular weight excluding hydrogens is 263 g/mol. The zero-order valence-electron chi connectivity index (χ0n) is 10.4. The van der Waals surface area contributed by atoms with E-state index >= 15 is 0 Å². The molecule has 1 amide bonds. The van der Waals surface area contributed by atoms with Gasteiger partial charge >= 0.3 is 0 Å². The number of aryl methyl sites for hydroxylation is 1. The molecule has 1 N–H and O–H groups in total. The SMILES string of the molecule is O=C(CCc1ccc(F)cc1)NCCc1cscn1. The molecule has 19 heavy (non-hydrogen) atoms. The lowest BCUT2D eigenvalue weighted by Crippen LogP contribution is -2.25. The third kappa shape index (κ3) is 4.79. The predicted octanol–water partition coefficient (Wildman–Crippen LogP) is 2.57. The monoisotopic (exact) mass is 278 g/mol. The molecule has 2 rings (SSSR count). The van der Waals surface area contributed by atoms with Crippen molar-refractivity contribution in [2.24, 2.45) is 0 Å². The van der Waals surface area contributed by atoms with Crippen LogP contribution >= 0.6 is 11.3 Å². The predicted molar refractivity (Wildman–Crippen MR) is 73.5 cm³/mol. The van der Waals surface area contributed by atoms with Gasteiger partial charge in [-0.25, -0.2) is 9.37 Å². The molecule has 0 spiro atoms. The van der Waals surface area contributed by atoms with Gasteiger partial charge in [0.15, 0.2) is 0 Å². The molecule has 100 valence electrons. The van der Waals surface area contributed by atoms with Crippen LogP contribution in [-0.2, 0) is 17.6 Å². The fourth-order valence-corrected chi connectivity index (χ4v) is 2.28. The first kappa shape index (κ1) is 13.7. The Labute approximate surface area is 115 Å². The van der Waals surface area contributed by atoms with Gasteiger partial charge in [0, 0.05) is 24.8 Å². The van der Waals surface area contributed by atoms with E-state index in [1.807, 2.05) is 5.38 Å². The Hall–Kier alpha value is -1.75. The number of hydrogen-bond acceptors (Lipinski definition) is 3. The van der Waals surface area contributed by atoms with Crippen LogP contribution in [0.5, 0.6) is 0 Å². The molecule has 0 bridgehead atoms. The number of hydrogen-bond donors (Lipinski definition) is 1. The fourth-order valence-electron chi connectivity index (χ4n) is 1.69. The fraction of sp³-hybridized carbons (Fsp3) is 0.286. The summed E-state index contributed by atoms with van der Waals surface area (Å²) in [6.07, 6.45) is 1.80. The van der Waals surface area contributed by atoms with Crippen molar-refractivity contribution >= 4 is 17.2 Å². The van der Waals surface area contributed by atoms with Crippen LogP contribution in [0.1, 0.15) is 17.7 Å². The average molecular weight is 278 g/mol. The Morgan fingerprint density at radius 3 is 2.74 bits per heavy atom. The molecule has 2 aromatic rings. The minimum atomic E-state index is -0.253. The highest BCUT2D eigenvalue weighted by Gasteiger charge is 2.03. The third-order valence-electron chi connectivity index (χ3n) is 2.74. The molecule has 0 aliphatic heterocycles. The summed E-state index contributed by atoms with van der Waals surface area (Å²) >= 11 is 1.55. The quantitative estimate of drug-likeness (QED) is 0.882. The van der Waals surface area contributed by atoms with Crippen LogP contribution in [0.3, 0.4) is 0 Å². The van der Waals surface area contributed by atoms with Gasteiger partial charge in [-0.1, -0.05) is 12.1 Å². The second-order valence-electron chi connectivity index (χ2n) is 4.21. The van der Waals surface area contributed by atoms with E-state index < -0.39 is 0 Å². The van der Waals surface area contributed by atoms with Crippen LogP contribution in [0.2, 0.25) is 0 Å². The van der Waals surface area contributed by atoms with Crippen LogP contribution in [0, 0.1) is 5.82 Å². The summed E-state index contributed by atoms with van der Waals surface area (Å²) in [5.41, 5.74) is 3.76. The number of amides is 1. The summed E-state index contributed by atoms with van der Waals surface area (Å²) in [6.45, 7) is 0.603. The standard InChI is InChI=1S/C14H15FN2OS/c15-12-4-1-11(2-5-12)3-6-14(18)16-8-7-13-9-19-10-17-13/h1-2,4-5,9-10H,3,6-8H2,(H,16,18). The summed E-state index contributed by atoms with van der Waals surface area (Å²) in [5.74, 6) is -0.240. The molecule has 0 fully saturated rings. The van der Waals surface area contributed by atoms with Crippen molar-refractivity contribution in [2.75, 3.05) is 6.54 Å². The molecule has 1 heterocycles. The minimum Gasteiger partial charge on any atom is -0.356 e. The minimum absolute atomic E-state index is 0.0135. The van der Waals surface area contributed by atoms with E-state index in [1.165, 1.54) is 12.1 Å². The Balaban J connectivity index is 1.65. The van der Waals surface area contributed by atoms with Gasteiger partial charge in [0.05, 0.1) is 11.2 Å². The van der Waals surface area contributed by atoms with Crippen molar-refractivity contribution in [3.63, 3.8) is 0 Å². The lowest BCUT2D eigenvalue weighted by molar-refractivity contribution is -0.121. The van der Waals surface area contributed by atoms with Gasteiger partial charge in [0.2, 0.25) is 5.91 Å².